The van der Waals surface area contributed by atoms with Crippen LogP contribution in [0.4, 0.5) is 13.2 Å². The molecular weight excluding hydrogens is 375 g/mol. The molecule has 28 heavy (non-hydrogen) atoms. The molecule has 4 aromatic heterocycles. The molecule has 0 aromatic carbocycles. The molecule has 148 valence electrons. The van der Waals surface area contributed by atoms with Crippen LogP contribution in [-0.2, 0) is 19.3 Å². The van der Waals surface area contributed by atoms with Crippen molar-refractivity contribution < 1.29 is 13.2 Å². The average Bonchev–Trinajstić information content (AvgIpc) is 3.34. The molecular formula is C17H18F3N7O. The molecule has 11 heteroatoms. The van der Waals surface area contributed by atoms with Gasteiger partial charge in [0.15, 0.2) is 16.9 Å². The van der Waals surface area contributed by atoms with Crippen LogP contribution < -0.4 is 5.56 Å². The summed E-state index contributed by atoms with van der Waals surface area (Å²) in [5, 5.41) is 4.23. The molecule has 0 saturated heterocycles. The zero-order valence-electron chi connectivity index (χ0n) is 15.3. The van der Waals surface area contributed by atoms with Gasteiger partial charge in [-0.25, -0.2) is 9.97 Å². The van der Waals surface area contributed by atoms with Gasteiger partial charge in [-0.2, -0.15) is 18.3 Å². The third kappa shape index (κ3) is 2.86. The summed E-state index contributed by atoms with van der Waals surface area (Å²) in [7, 11) is 0. The SMILES string of the molecule is CCCn1cc(-c2nc3c([nH]2)c(=O)n(CCC)c2nc(C(F)(F)F)cn32)cn1. The summed E-state index contributed by atoms with van der Waals surface area (Å²) in [6, 6.07) is 0. The molecule has 0 aliphatic heterocycles. The number of hydrogen-bond acceptors (Lipinski definition) is 4. The van der Waals surface area contributed by atoms with Crippen LogP contribution in [0.5, 0.6) is 0 Å². The average molecular weight is 393 g/mol. The van der Waals surface area contributed by atoms with Crippen LogP contribution in [0.1, 0.15) is 32.4 Å². The smallest absolute Gasteiger partial charge is 0.332 e. The van der Waals surface area contributed by atoms with E-state index in [1.165, 1.54) is 8.97 Å². The Morgan fingerprint density at radius 2 is 1.86 bits per heavy atom. The highest BCUT2D eigenvalue weighted by molar-refractivity contribution is 5.77. The molecule has 0 saturated carbocycles. The van der Waals surface area contributed by atoms with Crippen molar-refractivity contribution in [3.63, 3.8) is 0 Å². The normalized spacial score (nSPS) is 12.5. The van der Waals surface area contributed by atoms with E-state index in [0.29, 0.717) is 17.8 Å². The predicted molar refractivity (Wildman–Crippen MR) is 95.9 cm³/mol. The number of halogens is 3. The van der Waals surface area contributed by atoms with Crippen molar-refractivity contribution in [2.24, 2.45) is 0 Å². The maximum Gasteiger partial charge on any atom is 0.434 e. The number of alkyl halides is 3. The zero-order chi connectivity index (χ0) is 20.1. The van der Waals surface area contributed by atoms with Gasteiger partial charge in [-0.15, -0.1) is 0 Å². The van der Waals surface area contributed by atoms with Crippen molar-refractivity contribution in [2.45, 2.75) is 46.0 Å². The Kier molecular flexibility index (Phi) is 4.24. The van der Waals surface area contributed by atoms with Crippen molar-refractivity contribution in [1.82, 2.24) is 33.7 Å². The van der Waals surface area contributed by atoms with Crippen molar-refractivity contribution in [3.8, 4) is 11.4 Å². The fourth-order valence-electron chi connectivity index (χ4n) is 3.17. The second kappa shape index (κ2) is 6.50. The molecule has 4 heterocycles. The third-order valence-electron chi connectivity index (χ3n) is 4.40. The molecule has 0 unspecified atom stereocenters. The lowest BCUT2D eigenvalue weighted by atomic mass is 10.3. The number of fused-ring (bicyclic) bond motifs is 3. The summed E-state index contributed by atoms with van der Waals surface area (Å²) in [6.45, 7) is 4.83. The van der Waals surface area contributed by atoms with Crippen LogP contribution in [-0.4, -0.2) is 33.7 Å². The van der Waals surface area contributed by atoms with E-state index in [1.807, 2.05) is 13.8 Å². The zero-order valence-corrected chi connectivity index (χ0v) is 15.3. The van der Waals surface area contributed by atoms with Crippen LogP contribution in [0, 0.1) is 0 Å². The van der Waals surface area contributed by atoms with Crippen molar-refractivity contribution >= 4 is 16.9 Å². The highest BCUT2D eigenvalue weighted by atomic mass is 19.4. The van der Waals surface area contributed by atoms with Crippen LogP contribution >= 0.6 is 0 Å². The van der Waals surface area contributed by atoms with Gasteiger partial charge in [-0.05, 0) is 12.8 Å². The summed E-state index contributed by atoms with van der Waals surface area (Å²) >= 11 is 0. The topological polar surface area (TPSA) is 85.8 Å². The standard InChI is InChI=1S/C17H18F3N7O/c1-3-5-25-8-10(7-21-25)13-23-12-14(24-13)27-9-11(17(18,19)20)22-16(27)26(6-4-2)15(12)28/h7-9H,3-6H2,1-2H3,(H,23,24). The Bertz CT molecular complexity index is 1210. The second-order valence-electron chi connectivity index (χ2n) is 6.53. The molecule has 4 rings (SSSR count). The fourth-order valence-corrected chi connectivity index (χ4v) is 3.17. The van der Waals surface area contributed by atoms with Gasteiger partial charge in [0.25, 0.3) is 5.56 Å². The van der Waals surface area contributed by atoms with E-state index >= 15 is 0 Å². The van der Waals surface area contributed by atoms with Gasteiger partial charge in [0.05, 0.1) is 11.8 Å². The molecule has 0 aliphatic carbocycles. The molecule has 0 spiro atoms. The monoisotopic (exact) mass is 393 g/mol. The maximum absolute atomic E-state index is 13.2. The van der Waals surface area contributed by atoms with Crippen molar-refractivity contribution in [3.05, 3.63) is 34.6 Å². The molecule has 0 amide bonds. The Morgan fingerprint density at radius 1 is 1.11 bits per heavy atom. The molecule has 0 fully saturated rings. The maximum atomic E-state index is 13.2. The Morgan fingerprint density at radius 3 is 2.54 bits per heavy atom. The van der Waals surface area contributed by atoms with E-state index in [1.54, 1.807) is 17.1 Å². The lowest BCUT2D eigenvalue weighted by molar-refractivity contribution is -0.140. The highest BCUT2D eigenvalue weighted by Crippen LogP contribution is 2.29. The van der Waals surface area contributed by atoms with Gasteiger partial charge in [0.2, 0.25) is 5.78 Å². The summed E-state index contributed by atoms with van der Waals surface area (Å²) < 4.78 is 43.8. The van der Waals surface area contributed by atoms with Gasteiger partial charge in [-0.3, -0.25) is 18.4 Å². The Hall–Kier alpha value is -3.11. The van der Waals surface area contributed by atoms with Crippen LogP contribution in [0.3, 0.4) is 0 Å². The van der Waals surface area contributed by atoms with Crippen LogP contribution in [0.25, 0.3) is 28.3 Å². The summed E-state index contributed by atoms with van der Waals surface area (Å²) in [6.07, 6.45) is 1.10. The molecule has 0 radical (unpaired) electrons. The number of nitrogens with zero attached hydrogens (tertiary/aromatic N) is 6. The number of nitrogens with one attached hydrogen (secondary N) is 1. The number of hydrogen-bond donors (Lipinski definition) is 1. The van der Waals surface area contributed by atoms with E-state index < -0.39 is 17.4 Å². The number of aryl methyl sites for hydroxylation is 2. The number of aromatic amines is 1. The lowest BCUT2D eigenvalue weighted by Crippen LogP contribution is -2.23. The minimum Gasteiger partial charge on any atom is -0.332 e. The Balaban J connectivity index is 1.98. The van der Waals surface area contributed by atoms with E-state index in [0.717, 1.165) is 19.2 Å². The van der Waals surface area contributed by atoms with E-state index in [-0.39, 0.29) is 23.5 Å². The summed E-state index contributed by atoms with van der Waals surface area (Å²) in [5.41, 5.74) is -0.637. The first-order chi connectivity index (χ1) is 13.3. The van der Waals surface area contributed by atoms with Crippen molar-refractivity contribution in [2.75, 3.05) is 0 Å². The largest absolute Gasteiger partial charge is 0.434 e. The minimum absolute atomic E-state index is 0.0774. The fraction of sp³-hybridized carbons (Fsp3) is 0.412. The minimum atomic E-state index is -4.62. The molecule has 4 aromatic rings. The van der Waals surface area contributed by atoms with Crippen LogP contribution in [0.2, 0.25) is 0 Å². The second-order valence-corrected chi connectivity index (χ2v) is 6.53. The van der Waals surface area contributed by atoms with Gasteiger partial charge in [-0.1, -0.05) is 13.8 Å². The Labute approximate surface area is 156 Å². The van der Waals surface area contributed by atoms with E-state index in [9.17, 15) is 18.0 Å². The number of imidazole rings is 2. The first-order valence-electron chi connectivity index (χ1n) is 8.95. The first-order valence-corrected chi connectivity index (χ1v) is 8.95. The van der Waals surface area contributed by atoms with Gasteiger partial charge in [0.1, 0.15) is 5.82 Å². The van der Waals surface area contributed by atoms with Crippen LogP contribution in [0.15, 0.2) is 23.4 Å². The predicted octanol–water partition coefficient (Wildman–Crippen LogP) is 3.07. The van der Waals surface area contributed by atoms with Gasteiger partial charge >= 0.3 is 6.18 Å². The molecule has 0 bridgehead atoms. The number of aromatic nitrogens is 7. The lowest BCUT2D eigenvalue weighted by Gasteiger charge is -2.06. The van der Waals surface area contributed by atoms with Gasteiger partial charge < -0.3 is 4.98 Å². The quantitative estimate of drug-likeness (QED) is 0.565. The summed E-state index contributed by atoms with van der Waals surface area (Å²) in [4.78, 5) is 23.9. The first kappa shape index (κ1) is 18.3. The molecule has 8 nitrogen and oxygen atoms in total. The molecule has 0 atom stereocenters. The van der Waals surface area contributed by atoms with Gasteiger partial charge in [0, 0.05) is 25.5 Å². The number of H-pyrrole nitrogens is 1. The molecule has 0 aliphatic rings. The number of rotatable bonds is 5. The van der Waals surface area contributed by atoms with Crippen molar-refractivity contribution in [1.29, 1.82) is 0 Å². The summed E-state index contributed by atoms with van der Waals surface area (Å²) in [5.74, 6) is 0.290. The third-order valence-corrected chi connectivity index (χ3v) is 4.40. The van der Waals surface area contributed by atoms with E-state index in [2.05, 4.69) is 20.1 Å². The molecule has 1 N–H and O–H groups in total. The highest BCUT2D eigenvalue weighted by Gasteiger charge is 2.35. The van der Waals surface area contributed by atoms with E-state index in [4.69, 9.17) is 0 Å².